The van der Waals surface area contributed by atoms with Gasteiger partial charge in [0, 0.05) is 11.5 Å². The minimum atomic E-state index is -0.309. The third-order valence-electron chi connectivity index (χ3n) is 2.47. The van der Waals surface area contributed by atoms with Gasteiger partial charge in [-0.05, 0) is 18.2 Å². The standard InChI is InChI=1S/C11H8N2O3/c14-10-2-1-6-3-9-8(4-7(6)13-10)12-5-11(15)16-9/h1-4,12H,5H2,(H,13,14). The van der Waals surface area contributed by atoms with Gasteiger partial charge in [0.15, 0.2) is 5.75 Å². The summed E-state index contributed by atoms with van der Waals surface area (Å²) in [6.07, 6.45) is 0. The molecule has 16 heavy (non-hydrogen) atoms. The van der Waals surface area contributed by atoms with E-state index in [1.807, 2.05) is 0 Å². The van der Waals surface area contributed by atoms with Crippen LogP contribution in [0.4, 0.5) is 5.69 Å². The zero-order chi connectivity index (χ0) is 11.1. The number of aromatic amines is 1. The highest BCUT2D eigenvalue weighted by molar-refractivity contribution is 5.91. The fourth-order valence-corrected chi connectivity index (χ4v) is 1.73. The Morgan fingerprint density at radius 2 is 2.06 bits per heavy atom. The Bertz CT molecular complexity index is 645. The van der Waals surface area contributed by atoms with Crippen LogP contribution in [0.2, 0.25) is 0 Å². The quantitative estimate of drug-likeness (QED) is 0.506. The van der Waals surface area contributed by atoms with Gasteiger partial charge in [0.05, 0.1) is 11.2 Å². The second-order valence-corrected chi connectivity index (χ2v) is 3.59. The van der Waals surface area contributed by atoms with E-state index in [4.69, 9.17) is 4.74 Å². The molecule has 1 aliphatic rings. The molecule has 1 aliphatic heterocycles. The average molecular weight is 216 g/mol. The molecule has 5 heteroatoms. The molecule has 80 valence electrons. The Hall–Kier alpha value is -2.30. The van der Waals surface area contributed by atoms with Crippen LogP contribution in [0.25, 0.3) is 10.9 Å². The Kier molecular flexibility index (Phi) is 1.73. The van der Waals surface area contributed by atoms with Gasteiger partial charge in [-0.15, -0.1) is 0 Å². The number of pyridine rings is 1. The predicted molar refractivity (Wildman–Crippen MR) is 58.7 cm³/mol. The molecule has 1 aromatic heterocycles. The van der Waals surface area contributed by atoms with Gasteiger partial charge in [0.1, 0.15) is 6.54 Å². The normalized spacial score (nSPS) is 14.1. The number of carbonyl (C=O) groups excluding carboxylic acids is 1. The first-order chi connectivity index (χ1) is 7.72. The summed E-state index contributed by atoms with van der Waals surface area (Å²) in [5.74, 6) is 0.187. The van der Waals surface area contributed by atoms with Crippen molar-refractivity contribution in [3.05, 3.63) is 34.6 Å². The van der Waals surface area contributed by atoms with E-state index < -0.39 is 0 Å². The van der Waals surface area contributed by atoms with Crippen molar-refractivity contribution in [2.75, 3.05) is 11.9 Å². The number of aromatic nitrogens is 1. The van der Waals surface area contributed by atoms with E-state index in [9.17, 15) is 9.59 Å². The van der Waals surface area contributed by atoms with Crippen LogP contribution in [0.15, 0.2) is 29.1 Å². The van der Waals surface area contributed by atoms with Crippen LogP contribution in [0.5, 0.6) is 5.75 Å². The van der Waals surface area contributed by atoms with Crippen LogP contribution in [-0.2, 0) is 4.79 Å². The van der Waals surface area contributed by atoms with Gasteiger partial charge in [0.2, 0.25) is 5.56 Å². The van der Waals surface area contributed by atoms with Gasteiger partial charge in [-0.1, -0.05) is 0 Å². The molecule has 0 unspecified atom stereocenters. The maximum atomic E-state index is 11.1. The molecule has 0 amide bonds. The molecule has 0 bridgehead atoms. The van der Waals surface area contributed by atoms with Crippen LogP contribution >= 0.6 is 0 Å². The number of esters is 1. The van der Waals surface area contributed by atoms with Gasteiger partial charge < -0.3 is 15.0 Å². The predicted octanol–water partition coefficient (Wildman–Crippen LogP) is 0.859. The number of ether oxygens (including phenoxy) is 1. The fourth-order valence-electron chi connectivity index (χ4n) is 1.73. The van der Waals surface area contributed by atoms with Crippen molar-refractivity contribution in [2.24, 2.45) is 0 Å². The van der Waals surface area contributed by atoms with E-state index in [1.54, 1.807) is 18.2 Å². The summed E-state index contributed by atoms with van der Waals surface area (Å²) >= 11 is 0. The van der Waals surface area contributed by atoms with Crippen molar-refractivity contribution < 1.29 is 9.53 Å². The third kappa shape index (κ3) is 1.33. The number of hydrogen-bond acceptors (Lipinski definition) is 4. The van der Waals surface area contributed by atoms with E-state index >= 15 is 0 Å². The highest BCUT2D eigenvalue weighted by Gasteiger charge is 2.16. The molecular formula is C11H8N2O3. The second kappa shape index (κ2) is 3.10. The van der Waals surface area contributed by atoms with Crippen molar-refractivity contribution >= 4 is 22.6 Å². The first-order valence-electron chi connectivity index (χ1n) is 4.84. The van der Waals surface area contributed by atoms with Crippen LogP contribution in [0, 0.1) is 0 Å². The van der Waals surface area contributed by atoms with E-state index in [0.717, 1.165) is 10.9 Å². The number of fused-ring (bicyclic) bond motifs is 2. The summed E-state index contributed by atoms with van der Waals surface area (Å²) in [5, 5.41) is 3.76. The van der Waals surface area contributed by atoms with E-state index in [2.05, 4.69) is 10.3 Å². The molecule has 2 heterocycles. The van der Waals surface area contributed by atoms with Gasteiger partial charge in [-0.25, -0.2) is 4.79 Å². The van der Waals surface area contributed by atoms with E-state index in [0.29, 0.717) is 11.4 Å². The van der Waals surface area contributed by atoms with Crippen molar-refractivity contribution in [3.63, 3.8) is 0 Å². The SMILES string of the molecule is O=C1CNc2cc3[nH]c(=O)ccc3cc2O1. The minimum Gasteiger partial charge on any atom is -0.423 e. The topological polar surface area (TPSA) is 71.2 Å². The van der Waals surface area contributed by atoms with Gasteiger partial charge in [-0.3, -0.25) is 4.79 Å². The zero-order valence-corrected chi connectivity index (χ0v) is 8.24. The number of nitrogens with one attached hydrogen (secondary N) is 2. The van der Waals surface area contributed by atoms with Crippen LogP contribution in [0.1, 0.15) is 0 Å². The van der Waals surface area contributed by atoms with Gasteiger partial charge in [-0.2, -0.15) is 0 Å². The first-order valence-corrected chi connectivity index (χ1v) is 4.84. The van der Waals surface area contributed by atoms with E-state index in [-0.39, 0.29) is 18.1 Å². The molecule has 0 saturated carbocycles. The summed E-state index contributed by atoms with van der Waals surface area (Å²) in [5.41, 5.74) is 1.28. The Morgan fingerprint density at radius 3 is 2.94 bits per heavy atom. The molecule has 0 atom stereocenters. The number of anilines is 1. The largest absolute Gasteiger partial charge is 0.423 e. The average Bonchev–Trinajstić information content (AvgIpc) is 2.26. The Balaban J connectivity index is 2.27. The Morgan fingerprint density at radius 1 is 1.19 bits per heavy atom. The number of rotatable bonds is 0. The number of benzene rings is 1. The summed E-state index contributed by atoms with van der Waals surface area (Å²) in [6, 6.07) is 6.62. The summed E-state index contributed by atoms with van der Waals surface area (Å²) in [6.45, 7) is 0.148. The van der Waals surface area contributed by atoms with E-state index in [1.165, 1.54) is 6.07 Å². The fraction of sp³-hybridized carbons (Fsp3) is 0.0909. The molecule has 0 aliphatic carbocycles. The third-order valence-corrected chi connectivity index (χ3v) is 2.47. The lowest BCUT2D eigenvalue weighted by atomic mass is 10.1. The molecule has 0 fully saturated rings. The summed E-state index contributed by atoms with van der Waals surface area (Å²) < 4.78 is 5.08. The maximum Gasteiger partial charge on any atom is 0.330 e. The monoisotopic (exact) mass is 216 g/mol. The molecule has 0 spiro atoms. The molecule has 0 saturated heterocycles. The lowest BCUT2D eigenvalue weighted by Gasteiger charge is -2.17. The van der Waals surface area contributed by atoms with Crippen molar-refractivity contribution in [1.82, 2.24) is 4.98 Å². The van der Waals surface area contributed by atoms with Crippen molar-refractivity contribution in [1.29, 1.82) is 0 Å². The maximum absolute atomic E-state index is 11.1. The molecular weight excluding hydrogens is 208 g/mol. The first kappa shape index (κ1) is 8.96. The van der Waals surface area contributed by atoms with Crippen LogP contribution in [-0.4, -0.2) is 17.5 Å². The molecule has 3 rings (SSSR count). The minimum absolute atomic E-state index is 0.148. The van der Waals surface area contributed by atoms with Gasteiger partial charge in [0.25, 0.3) is 0 Å². The summed E-state index contributed by atoms with van der Waals surface area (Å²) in [7, 11) is 0. The smallest absolute Gasteiger partial charge is 0.330 e. The zero-order valence-electron chi connectivity index (χ0n) is 8.24. The number of hydrogen-bond donors (Lipinski definition) is 2. The molecule has 0 radical (unpaired) electrons. The van der Waals surface area contributed by atoms with Crippen molar-refractivity contribution in [3.8, 4) is 5.75 Å². The van der Waals surface area contributed by atoms with Crippen LogP contribution in [0.3, 0.4) is 0 Å². The number of carbonyl (C=O) groups is 1. The molecule has 1 aromatic carbocycles. The lowest BCUT2D eigenvalue weighted by molar-refractivity contribution is -0.132. The Labute approximate surface area is 90.0 Å². The second-order valence-electron chi connectivity index (χ2n) is 3.59. The van der Waals surface area contributed by atoms with Crippen LogP contribution < -0.4 is 15.6 Å². The van der Waals surface area contributed by atoms with Gasteiger partial charge >= 0.3 is 5.97 Å². The van der Waals surface area contributed by atoms with Crippen molar-refractivity contribution in [2.45, 2.75) is 0 Å². The highest BCUT2D eigenvalue weighted by atomic mass is 16.5. The summed E-state index contributed by atoms with van der Waals surface area (Å²) in [4.78, 5) is 24.9. The number of H-pyrrole nitrogens is 1. The molecule has 5 nitrogen and oxygen atoms in total. The molecule has 2 aromatic rings. The molecule has 2 N–H and O–H groups in total. The highest BCUT2D eigenvalue weighted by Crippen LogP contribution is 2.31. The lowest BCUT2D eigenvalue weighted by Crippen LogP contribution is -2.24.